The van der Waals surface area contributed by atoms with Crippen LogP contribution in [0.1, 0.15) is 79.0 Å². The Labute approximate surface area is 480 Å². The summed E-state index contributed by atoms with van der Waals surface area (Å²) >= 11 is 0. The van der Waals surface area contributed by atoms with E-state index in [1.807, 2.05) is 29.1 Å². The van der Waals surface area contributed by atoms with Crippen LogP contribution in [-0.4, -0.2) is 20.8 Å². The lowest BCUT2D eigenvalue weighted by molar-refractivity contribution is -0.598. The summed E-state index contributed by atoms with van der Waals surface area (Å²) in [7, 11) is 0. The molecular formula is C74H63BN4O3. The minimum Gasteiger partial charge on any atom is -0.458 e. The Bertz CT molecular complexity index is 4350. The Kier molecular flexibility index (Phi) is 11.9. The molecule has 7 nitrogen and oxygen atoms in total. The molecule has 14 rings (SSSR count). The van der Waals surface area contributed by atoms with Crippen molar-refractivity contribution in [3.63, 3.8) is 0 Å². The van der Waals surface area contributed by atoms with Gasteiger partial charge in [0, 0.05) is 40.9 Å². The van der Waals surface area contributed by atoms with Gasteiger partial charge in [0.05, 0.1) is 22.4 Å². The molecule has 0 atom stereocenters. The van der Waals surface area contributed by atoms with Crippen molar-refractivity contribution in [3.8, 4) is 85.1 Å². The highest BCUT2D eigenvalue weighted by Crippen LogP contribution is 2.43. The standard InChI is InChI=1S/C74H63BN4O3/c1-72(2,3)51-27-32-65-61(41-51)75-62-42-52(73(4,5)6)28-33-66(62)82-68-40-50(39-67(81-65)70(68)75)49-26-31-63-60(38-49)59-30-29-56(45-64(59)79(63)69-43-53(34-35-76-69)74(7,8)9)80-55-23-16-22-54(44-55)77-36-37-78(46-77)71-57(47-18-12-10-13-19-47)24-17-25-58(71)48-20-14-11-15-21-48/h10-45H,1-9H3. The predicted molar refractivity (Wildman–Crippen MR) is 335 cm³/mol. The molecule has 8 heteroatoms. The molecule has 12 aromatic rings. The number of rotatable bonds is 8. The molecule has 0 unspecified atom stereocenters. The zero-order valence-electron chi connectivity index (χ0n) is 47.9. The topological polar surface area (TPSA) is 54.3 Å². The van der Waals surface area contributed by atoms with E-state index in [1.165, 1.54) is 27.6 Å². The number of fused-ring (bicyclic) bond motifs is 7. The first-order chi connectivity index (χ1) is 39.5. The van der Waals surface area contributed by atoms with Crippen LogP contribution in [0.25, 0.3) is 72.4 Å². The molecule has 2 aliphatic heterocycles. The number of benzene rings is 9. The molecule has 0 fully saturated rings. The number of hydrogen-bond acceptors (Lipinski definition) is 4. The first-order valence-corrected chi connectivity index (χ1v) is 28.4. The van der Waals surface area contributed by atoms with E-state index in [4.69, 9.17) is 19.2 Å². The van der Waals surface area contributed by atoms with E-state index in [-0.39, 0.29) is 23.0 Å². The molecule has 0 N–H and O–H groups in total. The number of para-hydroxylation sites is 1. The van der Waals surface area contributed by atoms with Gasteiger partial charge in [-0.25, -0.2) is 4.98 Å². The monoisotopic (exact) mass is 1070 g/mol. The maximum Gasteiger partial charge on any atom is 0.268 e. The van der Waals surface area contributed by atoms with Crippen molar-refractivity contribution in [2.45, 2.75) is 78.6 Å². The summed E-state index contributed by atoms with van der Waals surface area (Å²) in [6.45, 7) is 20.3. The van der Waals surface area contributed by atoms with Crippen molar-refractivity contribution in [1.82, 2.24) is 14.1 Å². The fourth-order valence-electron chi connectivity index (χ4n) is 12.0. The first-order valence-electron chi connectivity index (χ1n) is 28.4. The number of nitrogens with zero attached hydrogens (tertiary/aromatic N) is 4. The molecule has 0 saturated carbocycles. The maximum absolute atomic E-state index is 6.97. The number of ether oxygens (including phenoxy) is 3. The number of hydrogen-bond donors (Lipinski definition) is 0. The van der Waals surface area contributed by atoms with Gasteiger partial charge in [-0.05, 0) is 156 Å². The molecule has 9 aromatic carbocycles. The quantitative estimate of drug-likeness (QED) is 0.0864. The van der Waals surface area contributed by atoms with Crippen molar-refractivity contribution in [2.75, 3.05) is 0 Å². The number of aromatic nitrogens is 4. The highest BCUT2D eigenvalue weighted by molar-refractivity contribution is 6.98. The second-order valence-electron chi connectivity index (χ2n) is 25.1. The van der Waals surface area contributed by atoms with Gasteiger partial charge in [0.25, 0.3) is 13.0 Å². The van der Waals surface area contributed by atoms with Gasteiger partial charge < -0.3 is 14.2 Å². The summed E-state index contributed by atoms with van der Waals surface area (Å²) in [5.74, 6) is 5.64. The van der Waals surface area contributed by atoms with E-state index >= 15 is 0 Å². The summed E-state index contributed by atoms with van der Waals surface area (Å²) in [6, 6.07) is 71.1. The second kappa shape index (κ2) is 19.1. The van der Waals surface area contributed by atoms with E-state index in [1.54, 1.807) is 0 Å². The summed E-state index contributed by atoms with van der Waals surface area (Å²) in [5, 5.41) is 2.17. The Hall–Kier alpha value is -9.40. The zero-order chi connectivity index (χ0) is 56.2. The zero-order valence-corrected chi connectivity index (χ0v) is 47.9. The minimum absolute atomic E-state index is 0.0311. The summed E-state index contributed by atoms with van der Waals surface area (Å²) in [5.41, 5.74) is 17.6. The van der Waals surface area contributed by atoms with Crippen molar-refractivity contribution in [2.24, 2.45) is 0 Å². The van der Waals surface area contributed by atoms with Crippen molar-refractivity contribution in [3.05, 3.63) is 242 Å². The second-order valence-corrected chi connectivity index (χ2v) is 25.1. The number of pyridine rings is 1. The third-order valence-electron chi connectivity index (χ3n) is 16.5. The molecule has 82 heavy (non-hydrogen) atoms. The molecule has 5 heterocycles. The van der Waals surface area contributed by atoms with Crippen LogP contribution in [0, 0.1) is 6.33 Å². The van der Waals surface area contributed by atoms with Crippen molar-refractivity contribution in [1.29, 1.82) is 0 Å². The van der Waals surface area contributed by atoms with Gasteiger partial charge in [0.2, 0.25) is 0 Å². The van der Waals surface area contributed by atoms with E-state index in [9.17, 15) is 0 Å². The lowest BCUT2D eigenvalue weighted by Crippen LogP contribution is -2.57. The van der Waals surface area contributed by atoms with Crippen LogP contribution < -0.4 is 35.2 Å². The predicted octanol–water partition coefficient (Wildman–Crippen LogP) is 16.5. The van der Waals surface area contributed by atoms with Crippen LogP contribution in [0.3, 0.4) is 0 Å². The minimum atomic E-state index is -0.0878. The van der Waals surface area contributed by atoms with E-state index in [2.05, 4.69) is 272 Å². The molecule has 0 spiro atoms. The molecule has 0 amide bonds. The lowest BCUT2D eigenvalue weighted by atomic mass is 9.34. The normalized spacial score (nSPS) is 12.9. The van der Waals surface area contributed by atoms with Gasteiger partial charge in [-0.2, -0.15) is 0 Å². The van der Waals surface area contributed by atoms with Crippen molar-refractivity contribution >= 4 is 44.9 Å². The third-order valence-corrected chi connectivity index (χ3v) is 16.5. The van der Waals surface area contributed by atoms with Gasteiger partial charge in [-0.3, -0.25) is 13.7 Å². The Balaban J connectivity index is 0.849. The van der Waals surface area contributed by atoms with E-state index in [0.29, 0.717) is 11.5 Å². The molecule has 0 aliphatic carbocycles. The van der Waals surface area contributed by atoms with Crippen LogP contribution in [0.2, 0.25) is 0 Å². The van der Waals surface area contributed by atoms with Crippen LogP contribution in [0.5, 0.6) is 34.5 Å². The third kappa shape index (κ3) is 8.94. The van der Waals surface area contributed by atoms with Crippen LogP contribution in [0.4, 0.5) is 0 Å². The highest BCUT2D eigenvalue weighted by atomic mass is 16.5. The molecule has 2 aliphatic rings. The van der Waals surface area contributed by atoms with Gasteiger partial charge in [-0.15, -0.1) is 0 Å². The van der Waals surface area contributed by atoms with Crippen molar-refractivity contribution < 1.29 is 18.8 Å². The summed E-state index contributed by atoms with van der Waals surface area (Å²) in [4.78, 5) is 5.04. The van der Waals surface area contributed by atoms with E-state index in [0.717, 1.165) is 101 Å². The van der Waals surface area contributed by atoms with Gasteiger partial charge >= 0.3 is 0 Å². The summed E-state index contributed by atoms with van der Waals surface area (Å²) in [6.07, 6.45) is 9.70. The fourth-order valence-corrected chi connectivity index (χ4v) is 12.0. The molecule has 400 valence electrons. The fraction of sp³-hybridized carbons (Fsp3) is 0.162. The molecule has 0 saturated heterocycles. The van der Waals surface area contributed by atoms with Gasteiger partial charge in [0.1, 0.15) is 40.3 Å². The SMILES string of the molecule is CC(C)(C)c1ccnc(-n2c3ccc(-c4cc5c6c(c4)Oc4ccc(C(C)(C)C)cc4B6c4cc(C(C)(C)C)ccc4O5)cc3c3ccc(Oc4cccc(-n5[c-][n+](-c6c(-c7ccccc7)cccc6-c6ccccc6)cc5)c4)cc32)c1. The number of imidazole rings is 1. The average molecular weight is 1070 g/mol. The largest absolute Gasteiger partial charge is 0.458 e. The average Bonchev–Trinajstić information content (AvgIpc) is 3.00. The molecule has 0 radical (unpaired) electrons. The molecule has 0 bridgehead atoms. The maximum atomic E-state index is 6.97. The first kappa shape index (κ1) is 50.8. The van der Waals surface area contributed by atoms with Crippen LogP contribution >= 0.6 is 0 Å². The molecular weight excluding hydrogens is 1000 g/mol. The smallest absolute Gasteiger partial charge is 0.268 e. The summed E-state index contributed by atoms with van der Waals surface area (Å²) < 4.78 is 27.2. The van der Waals surface area contributed by atoms with Crippen LogP contribution in [0.15, 0.2) is 219 Å². The molecule has 3 aromatic heterocycles. The van der Waals surface area contributed by atoms with Gasteiger partial charge in [0.15, 0.2) is 0 Å². The Morgan fingerprint density at radius 1 is 0.476 bits per heavy atom. The Morgan fingerprint density at radius 2 is 1.07 bits per heavy atom. The highest BCUT2D eigenvalue weighted by Gasteiger charge is 2.42. The van der Waals surface area contributed by atoms with E-state index < -0.39 is 0 Å². The lowest BCUT2D eigenvalue weighted by Gasteiger charge is -2.35. The van der Waals surface area contributed by atoms with Crippen LogP contribution in [-0.2, 0) is 16.2 Å². The van der Waals surface area contributed by atoms with Gasteiger partial charge in [-0.1, -0.05) is 178 Å². The Morgan fingerprint density at radius 3 is 1.70 bits per heavy atom.